The number of carbonyl (C=O) groups is 1. The van der Waals surface area contributed by atoms with Gasteiger partial charge in [0.25, 0.3) is 0 Å². The predicted molar refractivity (Wildman–Crippen MR) is 132 cm³/mol. The Morgan fingerprint density at radius 1 is 1.06 bits per heavy atom. The lowest BCUT2D eigenvalue weighted by molar-refractivity contribution is -0.122. The summed E-state index contributed by atoms with van der Waals surface area (Å²) in [4.78, 5) is 13.1. The van der Waals surface area contributed by atoms with Crippen LogP contribution in [0.15, 0.2) is 30.3 Å². The van der Waals surface area contributed by atoms with Crippen molar-refractivity contribution in [2.24, 2.45) is 0 Å². The number of nitrogens with one attached hydrogen (secondary N) is 1. The van der Waals surface area contributed by atoms with Gasteiger partial charge in [-0.05, 0) is 73.7 Å². The van der Waals surface area contributed by atoms with E-state index in [2.05, 4.69) is 19.2 Å². The van der Waals surface area contributed by atoms with Gasteiger partial charge in [-0.25, -0.2) is 8.42 Å². The number of carbonyl (C=O) groups excluding carboxylic acids is 1. The third-order valence-electron chi connectivity index (χ3n) is 5.30. The number of ether oxygens (including phenoxy) is 1. The second kappa shape index (κ2) is 10.3. The van der Waals surface area contributed by atoms with Crippen molar-refractivity contribution < 1.29 is 17.9 Å². The Kier molecular flexibility index (Phi) is 8.48. The van der Waals surface area contributed by atoms with Crippen LogP contribution in [0.1, 0.15) is 56.3 Å². The van der Waals surface area contributed by atoms with Gasteiger partial charge in [-0.1, -0.05) is 37.0 Å². The molecule has 2 aromatic rings. The minimum Gasteiger partial charge on any atom is -0.496 e. The van der Waals surface area contributed by atoms with Gasteiger partial charge >= 0.3 is 0 Å². The fraction of sp³-hybridized carbons (Fsp3) is 0.435. The molecule has 6 nitrogen and oxygen atoms in total. The van der Waals surface area contributed by atoms with Gasteiger partial charge in [0.05, 0.1) is 30.1 Å². The lowest BCUT2D eigenvalue weighted by atomic mass is 9.93. The largest absolute Gasteiger partial charge is 0.496 e. The summed E-state index contributed by atoms with van der Waals surface area (Å²) in [5.41, 5.74) is 3.08. The van der Waals surface area contributed by atoms with Gasteiger partial charge in [-0.3, -0.25) is 9.10 Å². The Hall–Kier alpha value is -1.96. The molecule has 32 heavy (non-hydrogen) atoms. The normalized spacial score (nSPS) is 13.6. The van der Waals surface area contributed by atoms with E-state index in [0.29, 0.717) is 5.02 Å². The molecule has 0 aliphatic carbocycles. The first-order valence-electron chi connectivity index (χ1n) is 10.2. The Balaban J connectivity index is 2.38. The molecule has 0 aliphatic rings. The molecule has 9 heteroatoms. The number of benzene rings is 2. The van der Waals surface area contributed by atoms with Crippen LogP contribution in [0.25, 0.3) is 0 Å². The van der Waals surface area contributed by atoms with Gasteiger partial charge in [-0.2, -0.15) is 0 Å². The van der Waals surface area contributed by atoms with Crippen molar-refractivity contribution in [3.8, 4) is 5.75 Å². The number of rotatable bonds is 8. The molecule has 2 atom stereocenters. The maximum atomic E-state index is 13.1. The topological polar surface area (TPSA) is 75.7 Å². The number of hydrogen-bond donors (Lipinski definition) is 1. The Bertz CT molecular complexity index is 1100. The van der Waals surface area contributed by atoms with Crippen LogP contribution in [0.2, 0.25) is 10.0 Å². The second-order valence-electron chi connectivity index (χ2n) is 8.17. The molecule has 0 saturated heterocycles. The van der Waals surface area contributed by atoms with Crippen LogP contribution in [-0.2, 0) is 14.8 Å². The van der Waals surface area contributed by atoms with E-state index in [1.165, 1.54) is 19.1 Å². The summed E-state index contributed by atoms with van der Waals surface area (Å²) >= 11 is 12.3. The number of halogens is 2. The molecule has 2 unspecified atom stereocenters. The summed E-state index contributed by atoms with van der Waals surface area (Å²) < 4.78 is 31.6. The highest BCUT2D eigenvalue weighted by atomic mass is 35.5. The van der Waals surface area contributed by atoms with Gasteiger partial charge in [0.1, 0.15) is 11.8 Å². The van der Waals surface area contributed by atoms with E-state index in [1.807, 2.05) is 26.0 Å². The molecule has 0 radical (unpaired) electrons. The summed E-state index contributed by atoms with van der Waals surface area (Å²) in [6.45, 7) is 9.46. The smallest absolute Gasteiger partial charge is 0.244 e. The number of nitrogens with zero attached hydrogens (tertiary/aromatic N) is 1. The monoisotopic (exact) mass is 500 g/mol. The summed E-state index contributed by atoms with van der Waals surface area (Å²) in [6, 6.07) is 7.05. The first-order chi connectivity index (χ1) is 14.8. The Morgan fingerprint density at radius 2 is 1.69 bits per heavy atom. The van der Waals surface area contributed by atoms with Crippen LogP contribution in [0.5, 0.6) is 5.75 Å². The molecule has 0 spiro atoms. The van der Waals surface area contributed by atoms with Crippen molar-refractivity contribution in [2.45, 2.75) is 52.6 Å². The van der Waals surface area contributed by atoms with E-state index in [4.69, 9.17) is 27.9 Å². The number of amides is 1. The number of aryl methyl sites for hydroxylation is 1. The van der Waals surface area contributed by atoms with Crippen molar-refractivity contribution in [1.29, 1.82) is 0 Å². The van der Waals surface area contributed by atoms with Gasteiger partial charge in [0, 0.05) is 5.02 Å². The van der Waals surface area contributed by atoms with Crippen molar-refractivity contribution in [2.75, 3.05) is 17.7 Å². The molecule has 176 valence electrons. The zero-order valence-electron chi connectivity index (χ0n) is 19.4. The average molecular weight is 501 g/mol. The summed E-state index contributed by atoms with van der Waals surface area (Å²) in [7, 11) is -2.19. The van der Waals surface area contributed by atoms with E-state index in [0.717, 1.165) is 33.0 Å². The number of methoxy groups -OCH3 is 1. The highest BCUT2D eigenvalue weighted by Crippen LogP contribution is 2.34. The first kappa shape index (κ1) is 26.3. The molecule has 0 aromatic heterocycles. The average Bonchev–Trinajstić information content (AvgIpc) is 2.68. The molecule has 2 rings (SSSR count). The predicted octanol–water partition coefficient (Wildman–Crippen LogP) is 5.47. The zero-order chi connectivity index (χ0) is 24.4. The van der Waals surface area contributed by atoms with Crippen LogP contribution >= 0.6 is 23.2 Å². The molecule has 2 aromatic carbocycles. The van der Waals surface area contributed by atoms with Gasteiger partial charge in [0.15, 0.2) is 0 Å². The summed E-state index contributed by atoms with van der Waals surface area (Å²) in [5, 5.41) is 3.43. The Morgan fingerprint density at radius 3 is 2.22 bits per heavy atom. The highest BCUT2D eigenvalue weighted by molar-refractivity contribution is 7.92. The highest BCUT2D eigenvalue weighted by Gasteiger charge is 2.31. The standard InChI is InChI=1S/C23H30Cl2N2O4S/c1-13(2)18-12-19(14(3)10-22(18)31-6)15(4)26-23(28)16(5)27(32(7,29)30)21-11-17(24)8-9-20(21)25/h8-13,15-16H,1-7H3,(H,26,28). The fourth-order valence-electron chi connectivity index (χ4n) is 3.66. The van der Waals surface area contributed by atoms with Crippen molar-refractivity contribution in [3.63, 3.8) is 0 Å². The molecule has 0 fully saturated rings. The number of hydrogen-bond acceptors (Lipinski definition) is 4. The zero-order valence-corrected chi connectivity index (χ0v) is 21.7. The van der Waals surface area contributed by atoms with E-state index < -0.39 is 22.0 Å². The van der Waals surface area contributed by atoms with Gasteiger partial charge in [0.2, 0.25) is 15.9 Å². The lowest BCUT2D eigenvalue weighted by Gasteiger charge is -2.30. The van der Waals surface area contributed by atoms with Gasteiger partial charge in [-0.15, -0.1) is 0 Å². The van der Waals surface area contributed by atoms with Crippen LogP contribution in [-0.4, -0.2) is 33.7 Å². The molecule has 0 bridgehead atoms. The van der Waals surface area contributed by atoms with Crippen LogP contribution in [0, 0.1) is 6.92 Å². The van der Waals surface area contributed by atoms with E-state index in [-0.39, 0.29) is 22.7 Å². The maximum absolute atomic E-state index is 13.1. The van der Waals surface area contributed by atoms with Crippen molar-refractivity contribution in [1.82, 2.24) is 5.32 Å². The van der Waals surface area contributed by atoms with Crippen LogP contribution < -0.4 is 14.4 Å². The van der Waals surface area contributed by atoms with Crippen LogP contribution in [0.3, 0.4) is 0 Å². The van der Waals surface area contributed by atoms with Gasteiger partial charge < -0.3 is 10.1 Å². The molecule has 0 heterocycles. The lowest BCUT2D eigenvalue weighted by Crippen LogP contribution is -2.48. The molecule has 0 saturated carbocycles. The molecule has 0 aliphatic heterocycles. The molecular formula is C23H30Cl2N2O4S. The fourth-order valence-corrected chi connectivity index (χ4v) is 5.26. The quantitative estimate of drug-likeness (QED) is 0.521. The first-order valence-corrected chi connectivity index (χ1v) is 12.8. The molecular weight excluding hydrogens is 471 g/mol. The number of anilines is 1. The third-order valence-corrected chi connectivity index (χ3v) is 7.08. The molecule has 1 amide bonds. The summed E-state index contributed by atoms with van der Waals surface area (Å²) in [6.07, 6.45) is 1.03. The summed E-state index contributed by atoms with van der Waals surface area (Å²) in [5.74, 6) is 0.573. The van der Waals surface area contributed by atoms with E-state index >= 15 is 0 Å². The van der Waals surface area contributed by atoms with Crippen molar-refractivity contribution >= 4 is 44.8 Å². The van der Waals surface area contributed by atoms with E-state index in [9.17, 15) is 13.2 Å². The maximum Gasteiger partial charge on any atom is 0.244 e. The van der Waals surface area contributed by atoms with Crippen molar-refractivity contribution in [3.05, 3.63) is 57.1 Å². The third kappa shape index (κ3) is 5.88. The van der Waals surface area contributed by atoms with E-state index in [1.54, 1.807) is 13.2 Å². The Labute approximate surface area is 200 Å². The minimum atomic E-state index is -3.82. The minimum absolute atomic E-state index is 0.152. The second-order valence-corrected chi connectivity index (χ2v) is 10.9. The molecule has 1 N–H and O–H groups in total. The van der Waals surface area contributed by atoms with Crippen LogP contribution in [0.4, 0.5) is 5.69 Å². The number of sulfonamides is 1. The SMILES string of the molecule is COc1cc(C)c(C(C)NC(=O)C(C)N(c2cc(Cl)ccc2Cl)S(C)(=O)=O)cc1C(C)C.